The normalized spacial score (nSPS) is 9.71. The van der Waals surface area contributed by atoms with Gasteiger partial charge in [-0.2, -0.15) is 5.26 Å². The van der Waals surface area contributed by atoms with E-state index in [0.717, 1.165) is 11.3 Å². The van der Waals surface area contributed by atoms with E-state index in [1.54, 1.807) is 6.07 Å². The Labute approximate surface area is 100.0 Å². The van der Waals surface area contributed by atoms with Crippen LogP contribution >= 0.6 is 0 Å². The fourth-order valence-corrected chi connectivity index (χ4v) is 1.50. The summed E-state index contributed by atoms with van der Waals surface area (Å²) >= 11 is 0. The Morgan fingerprint density at radius 1 is 1.18 bits per heavy atom. The molecule has 0 radical (unpaired) electrons. The van der Waals surface area contributed by atoms with Crippen molar-refractivity contribution in [1.82, 2.24) is 9.97 Å². The van der Waals surface area contributed by atoms with Gasteiger partial charge in [-0.3, -0.25) is 0 Å². The monoisotopic (exact) mass is 224 g/mol. The lowest BCUT2D eigenvalue weighted by molar-refractivity contribution is 1.14. The van der Waals surface area contributed by atoms with E-state index >= 15 is 0 Å². The highest BCUT2D eigenvalue weighted by Crippen LogP contribution is 2.20. The molecule has 4 heteroatoms. The first-order valence-corrected chi connectivity index (χ1v) is 5.25. The van der Waals surface area contributed by atoms with Crippen molar-refractivity contribution in [3.8, 4) is 6.07 Å². The highest BCUT2D eigenvalue weighted by Gasteiger charge is 2.01. The van der Waals surface area contributed by atoms with Gasteiger partial charge in [-0.15, -0.1) is 0 Å². The summed E-state index contributed by atoms with van der Waals surface area (Å²) in [7, 11) is 0. The molecule has 0 aliphatic rings. The molecule has 84 valence electrons. The first-order chi connectivity index (χ1) is 8.19. The number of nitriles is 1. The van der Waals surface area contributed by atoms with Crippen molar-refractivity contribution < 1.29 is 0 Å². The van der Waals surface area contributed by atoms with Crippen LogP contribution in [0.2, 0.25) is 0 Å². The van der Waals surface area contributed by atoms with Gasteiger partial charge in [0, 0.05) is 11.8 Å². The van der Waals surface area contributed by atoms with Crippen LogP contribution in [0.5, 0.6) is 0 Å². The van der Waals surface area contributed by atoms with E-state index in [1.807, 2.05) is 32.0 Å². The highest BCUT2D eigenvalue weighted by atomic mass is 15.0. The highest BCUT2D eigenvalue weighted by molar-refractivity contribution is 5.61. The zero-order chi connectivity index (χ0) is 12.3. The Hall–Kier alpha value is -2.41. The zero-order valence-corrected chi connectivity index (χ0v) is 9.73. The van der Waals surface area contributed by atoms with Gasteiger partial charge in [-0.1, -0.05) is 12.1 Å². The van der Waals surface area contributed by atoms with Gasteiger partial charge in [0.1, 0.15) is 23.9 Å². The number of rotatable bonds is 2. The number of benzene rings is 1. The predicted molar refractivity (Wildman–Crippen MR) is 65.9 cm³/mol. The van der Waals surface area contributed by atoms with Crippen molar-refractivity contribution >= 4 is 11.5 Å². The Bertz CT molecular complexity index is 584. The lowest BCUT2D eigenvalue weighted by Crippen LogP contribution is -1.97. The van der Waals surface area contributed by atoms with Gasteiger partial charge in [0.05, 0.1) is 0 Å². The maximum atomic E-state index is 8.76. The first kappa shape index (κ1) is 11.1. The van der Waals surface area contributed by atoms with E-state index in [1.165, 1.54) is 11.9 Å². The third-order valence-electron chi connectivity index (χ3n) is 2.44. The molecular formula is C13H12N4. The molecule has 0 aliphatic heterocycles. The fraction of sp³-hybridized carbons (Fsp3) is 0.154. The van der Waals surface area contributed by atoms with Crippen molar-refractivity contribution in [2.24, 2.45) is 0 Å². The largest absolute Gasteiger partial charge is 0.340 e. The molecule has 4 nitrogen and oxygen atoms in total. The average Bonchev–Trinajstić information content (AvgIpc) is 2.34. The summed E-state index contributed by atoms with van der Waals surface area (Å²) in [6.07, 6.45) is 1.38. The van der Waals surface area contributed by atoms with Crippen LogP contribution in [0, 0.1) is 25.2 Å². The van der Waals surface area contributed by atoms with Gasteiger partial charge in [0.2, 0.25) is 0 Å². The van der Waals surface area contributed by atoms with E-state index < -0.39 is 0 Å². The molecule has 1 aromatic heterocycles. The predicted octanol–water partition coefficient (Wildman–Crippen LogP) is 2.71. The Morgan fingerprint density at radius 3 is 2.76 bits per heavy atom. The molecule has 0 spiro atoms. The maximum absolute atomic E-state index is 8.76. The van der Waals surface area contributed by atoms with Crippen LogP contribution in [0.15, 0.2) is 30.6 Å². The number of anilines is 2. The van der Waals surface area contributed by atoms with Crippen molar-refractivity contribution in [2.45, 2.75) is 13.8 Å². The number of hydrogen-bond donors (Lipinski definition) is 1. The third-order valence-corrected chi connectivity index (χ3v) is 2.44. The van der Waals surface area contributed by atoms with E-state index in [9.17, 15) is 0 Å². The van der Waals surface area contributed by atoms with Crippen molar-refractivity contribution in [1.29, 1.82) is 5.26 Å². The van der Waals surface area contributed by atoms with Gasteiger partial charge in [-0.05, 0) is 31.0 Å². The summed E-state index contributed by atoms with van der Waals surface area (Å²) in [5.41, 5.74) is 3.65. The second-order valence-electron chi connectivity index (χ2n) is 3.84. The number of aromatic nitrogens is 2. The maximum Gasteiger partial charge on any atom is 0.145 e. The van der Waals surface area contributed by atoms with Crippen LogP contribution in [0.3, 0.4) is 0 Å². The third kappa shape index (κ3) is 2.58. The van der Waals surface area contributed by atoms with Crippen LogP contribution in [-0.4, -0.2) is 9.97 Å². The van der Waals surface area contributed by atoms with Crippen molar-refractivity contribution in [3.05, 3.63) is 47.4 Å². The molecule has 0 saturated heterocycles. The van der Waals surface area contributed by atoms with Crippen LogP contribution in [-0.2, 0) is 0 Å². The summed E-state index contributed by atoms with van der Waals surface area (Å²) in [5, 5.41) is 11.9. The Morgan fingerprint density at radius 2 is 2.00 bits per heavy atom. The lowest BCUT2D eigenvalue weighted by Gasteiger charge is -2.09. The molecule has 2 rings (SSSR count). The van der Waals surface area contributed by atoms with Crippen molar-refractivity contribution in [2.75, 3.05) is 5.32 Å². The molecule has 0 saturated carbocycles. The summed E-state index contributed by atoms with van der Waals surface area (Å²) in [4.78, 5) is 7.91. The number of nitrogens with one attached hydrogen (secondary N) is 1. The minimum atomic E-state index is 0.354. The number of hydrogen-bond acceptors (Lipinski definition) is 4. The Kier molecular flexibility index (Phi) is 3.01. The van der Waals surface area contributed by atoms with Gasteiger partial charge in [-0.25, -0.2) is 9.97 Å². The molecule has 0 atom stereocenters. The number of aryl methyl sites for hydroxylation is 2. The van der Waals surface area contributed by atoms with Crippen LogP contribution in [0.25, 0.3) is 0 Å². The van der Waals surface area contributed by atoms with E-state index in [0.29, 0.717) is 11.5 Å². The minimum absolute atomic E-state index is 0.354. The van der Waals surface area contributed by atoms with Crippen LogP contribution in [0.4, 0.5) is 11.5 Å². The lowest BCUT2D eigenvalue weighted by atomic mass is 10.1. The molecular weight excluding hydrogens is 212 g/mol. The quantitative estimate of drug-likeness (QED) is 0.851. The van der Waals surface area contributed by atoms with Crippen molar-refractivity contribution in [3.63, 3.8) is 0 Å². The van der Waals surface area contributed by atoms with Gasteiger partial charge >= 0.3 is 0 Å². The standard InChI is InChI=1S/C13H12N4/c1-9-3-4-10(2)12(5-9)17-13-6-11(7-14)15-8-16-13/h3-6,8H,1-2H3,(H,15,16,17). The topological polar surface area (TPSA) is 61.6 Å². The second kappa shape index (κ2) is 4.62. The molecule has 1 heterocycles. The van der Waals surface area contributed by atoms with E-state index in [2.05, 4.69) is 21.4 Å². The molecule has 17 heavy (non-hydrogen) atoms. The summed E-state index contributed by atoms with van der Waals surface area (Å²) in [5.74, 6) is 0.630. The summed E-state index contributed by atoms with van der Waals surface area (Å²) in [6, 6.07) is 9.76. The SMILES string of the molecule is Cc1ccc(C)c(Nc2cc(C#N)ncn2)c1. The van der Waals surface area contributed by atoms with Crippen LogP contribution < -0.4 is 5.32 Å². The Balaban J connectivity index is 2.31. The molecule has 0 bridgehead atoms. The molecule has 1 aromatic carbocycles. The zero-order valence-electron chi connectivity index (χ0n) is 9.73. The average molecular weight is 224 g/mol. The van der Waals surface area contributed by atoms with Gasteiger partial charge in [0.25, 0.3) is 0 Å². The molecule has 2 aromatic rings. The molecule has 0 fully saturated rings. The minimum Gasteiger partial charge on any atom is -0.340 e. The van der Waals surface area contributed by atoms with E-state index in [-0.39, 0.29) is 0 Å². The van der Waals surface area contributed by atoms with Gasteiger partial charge < -0.3 is 5.32 Å². The smallest absolute Gasteiger partial charge is 0.145 e. The molecule has 1 N–H and O–H groups in total. The fourth-order valence-electron chi connectivity index (χ4n) is 1.50. The molecule has 0 aliphatic carbocycles. The van der Waals surface area contributed by atoms with Gasteiger partial charge in [0.15, 0.2) is 0 Å². The molecule has 0 unspecified atom stereocenters. The second-order valence-corrected chi connectivity index (χ2v) is 3.84. The molecule has 0 amide bonds. The summed E-state index contributed by atoms with van der Waals surface area (Å²) < 4.78 is 0. The number of nitrogens with zero attached hydrogens (tertiary/aromatic N) is 3. The van der Waals surface area contributed by atoms with E-state index in [4.69, 9.17) is 5.26 Å². The first-order valence-electron chi connectivity index (χ1n) is 5.25. The summed E-state index contributed by atoms with van der Waals surface area (Å²) in [6.45, 7) is 4.06. The van der Waals surface area contributed by atoms with Crippen LogP contribution in [0.1, 0.15) is 16.8 Å².